The Kier molecular flexibility index (Phi) is 6.52. The van der Waals surface area contributed by atoms with Crippen molar-refractivity contribution in [1.29, 1.82) is 0 Å². The van der Waals surface area contributed by atoms with Gasteiger partial charge in [-0.05, 0) is 35.7 Å². The third kappa shape index (κ3) is 4.66. The lowest BCUT2D eigenvalue weighted by Gasteiger charge is -2.15. The summed E-state index contributed by atoms with van der Waals surface area (Å²) in [6, 6.07) is 7.94. The second kappa shape index (κ2) is 9.30. The van der Waals surface area contributed by atoms with Crippen molar-refractivity contribution in [3.63, 3.8) is 0 Å². The highest BCUT2D eigenvalue weighted by Gasteiger charge is 2.34. The van der Waals surface area contributed by atoms with Gasteiger partial charge in [0.25, 0.3) is 5.56 Å². The number of carboxylic acid groups (broad SMARTS) is 1. The molecule has 0 saturated carbocycles. The van der Waals surface area contributed by atoms with Crippen LogP contribution in [0.2, 0.25) is 5.02 Å². The molecule has 188 valence electrons. The van der Waals surface area contributed by atoms with E-state index in [4.69, 9.17) is 11.6 Å². The first-order valence-corrected chi connectivity index (χ1v) is 11.2. The lowest BCUT2D eigenvalue weighted by atomic mass is 10.1. The van der Waals surface area contributed by atoms with Crippen LogP contribution in [-0.2, 0) is 19.3 Å². The molecule has 1 N–H and O–H groups in total. The van der Waals surface area contributed by atoms with E-state index in [2.05, 4.69) is 4.98 Å². The molecule has 0 unspecified atom stereocenters. The zero-order valence-electron chi connectivity index (χ0n) is 19.1. The number of imidazole rings is 1. The summed E-state index contributed by atoms with van der Waals surface area (Å²) in [5.74, 6) is -1.24. The lowest BCUT2D eigenvalue weighted by Crippen LogP contribution is -2.42. The number of alkyl halides is 3. The molecule has 12 heteroatoms. The smallest absolute Gasteiger partial charge is 0.417 e. The zero-order chi connectivity index (χ0) is 26.4. The normalized spacial score (nSPS) is 12.0. The summed E-state index contributed by atoms with van der Waals surface area (Å²) in [4.78, 5) is 42.2. The van der Waals surface area contributed by atoms with Crippen molar-refractivity contribution in [3.05, 3.63) is 91.5 Å². The summed E-state index contributed by atoms with van der Waals surface area (Å²) in [5, 5.41) is 8.88. The van der Waals surface area contributed by atoms with Gasteiger partial charge in [-0.3, -0.25) is 13.9 Å². The molecule has 36 heavy (non-hydrogen) atoms. The third-order valence-corrected chi connectivity index (χ3v) is 6.00. The van der Waals surface area contributed by atoms with Crippen LogP contribution in [0, 0.1) is 5.92 Å². The van der Waals surface area contributed by atoms with Crippen LogP contribution in [0.4, 0.5) is 13.2 Å². The fourth-order valence-electron chi connectivity index (χ4n) is 3.91. The molecule has 2 aromatic carbocycles. The number of hydrogen-bond acceptors (Lipinski definition) is 4. The Balaban J connectivity index is 1.88. The summed E-state index contributed by atoms with van der Waals surface area (Å²) in [6.45, 7) is 4.15. The molecule has 4 rings (SSSR count). The number of aromatic nitrogens is 4. The van der Waals surface area contributed by atoms with Gasteiger partial charge in [0.1, 0.15) is 5.56 Å². The maximum Gasteiger partial charge on any atom is 0.417 e. The van der Waals surface area contributed by atoms with Gasteiger partial charge >= 0.3 is 17.8 Å². The maximum absolute atomic E-state index is 13.3. The fourth-order valence-corrected chi connectivity index (χ4v) is 4.20. The fraction of sp³-hybridized carbons (Fsp3) is 0.250. The van der Waals surface area contributed by atoms with Crippen LogP contribution >= 0.6 is 11.6 Å². The number of aromatic carboxylic acids is 1. The van der Waals surface area contributed by atoms with Crippen LogP contribution in [0.3, 0.4) is 0 Å². The van der Waals surface area contributed by atoms with Gasteiger partial charge in [-0.2, -0.15) is 13.2 Å². The average molecular weight is 521 g/mol. The number of benzene rings is 2. The maximum atomic E-state index is 13.3. The molecule has 0 fully saturated rings. The first-order chi connectivity index (χ1) is 16.9. The monoisotopic (exact) mass is 520 g/mol. The second-order valence-corrected chi connectivity index (χ2v) is 9.01. The van der Waals surface area contributed by atoms with Crippen LogP contribution in [0.1, 0.15) is 35.3 Å². The predicted octanol–water partition coefficient (Wildman–Crippen LogP) is 4.42. The lowest BCUT2D eigenvalue weighted by molar-refractivity contribution is -0.137. The molecule has 0 saturated heterocycles. The van der Waals surface area contributed by atoms with E-state index in [-0.39, 0.29) is 11.3 Å². The summed E-state index contributed by atoms with van der Waals surface area (Å²) in [5.41, 5.74) is -2.58. The molecule has 0 amide bonds. The molecule has 0 bridgehead atoms. The first kappa shape index (κ1) is 25.2. The van der Waals surface area contributed by atoms with Crippen LogP contribution in [0.5, 0.6) is 0 Å². The number of carboxylic acids is 1. The molecule has 0 radical (unpaired) electrons. The largest absolute Gasteiger partial charge is 0.477 e. The number of fused-ring (bicyclic) bond motifs is 1. The number of halogens is 4. The molecule has 4 aromatic rings. The topological polar surface area (TPSA) is 99.1 Å². The van der Waals surface area contributed by atoms with Crippen molar-refractivity contribution in [2.45, 2.75) is 33.1 Å². The van der Waals surface area contributed by atoms with Crippen molar-refractivity contribution >= 4 is 28.6 Å². The predicted molar refractivity (Wildman–Crippen MR) is 127 cm³/mol. The quantitative estimate of drug-likeness (QED) is 0.406. The van der Waals surface area contributed by atoms with E-state index in [0.29, 0.717) is 22.5 Å². The Labute approximate surface area is 206 Å². The van der Waals surface area contributed by atoms with Crippen LogP contribution in [-0.4, -0.2) is 29.8 Å². The standard InChI is InChI=1S/C24H20ClF3N4O4/c1-13(2)9-30-12-29-18-8-15(6-7-19(18)30)31-11-16(22(34)35)21(33)32(23(31)36)10-14-4-3-5-17(20(14)25)24(26,27)28/h3-8,11-13H,9-10H2,1-2H3,(H,34,35). The molecular weight excluding hydrogens is 501 g/mol. The van der Waals surface area contributed by atoms with E-state index in [1.807, 2.05) is 18.4 Å². The average Bonchev–Trinajstić information content (AvgIpc) is 3.18. The SMILES string of the molecule is CC(C)Cn1cnc2cc(-n3cc(C(=O)O)c(=O)n(Cc4cccc(C(F)(F)F)c4Cl)c3=O)ccc21. The highest BCUT2D eigenvalue weighted by atomic mass is 35.5. The van der Waals surface area contributed by atoms with Gasteiger partial charge in [-0.25, -0.2) is 14.6 Å². The van der Waals surface area contributed by atoms with Gasteiger partial charge in [0.2, 0.25) is 0 Å². The van der Waals surface area contributed by atoms with Gasteiger partial charge < -0.3 is 9.67 Å². The molecular formula is C24H20ClF3N4O4. The summed E-state index contributed by atoms with van der Waals surface area (Å²) < 4.78 is 43.3. The Hall–Kier alpha value is -3.86. The Morgan fingerprint density at radius 1 is 1.17 bits per heavy atom. The Bertz CT molecular complexity index is 1600. The van der Waals surface area contributed by atoms with Gasteiger partial charge in [0.15, 0.2) is 0 Å². The number of nitrogens with zero attached hydrogens (tertiary/aromatic N) is 4. The minimum atomic E-state index is -4.75. The number of hydrogen-bond donors (Lipinski definition) is 1. The molecule has 2 aromatic heterocycles. The van der Waals surface area contributed by atoms with E-state index in [1.165, 1.54) is 6.07 Å². The van der Waals surface area contributed by atoms with Gasteiger partial charge in [-0.15, -0.1) is 0 Å². The van der Waals surface area contributed by atoms with E-state index in [0.717, 1.165) is 28.4 Å². The molecule has 8 nitrogen and oxygen atoms in total. The zero-order valence-corrected chi connectivity index (χ0v) is 19.8. The third-order valence-electron chi connectivity index (χ3n) is 5.56. The summed E-state index contributed by atoms with van der Waals surface area (Å²) in [6.07, 6.45) is -2.21. The molecule has 0 aliphatic rings. The van der Waals surface area contributed by atoms with Crippen molar-refractivity contribution in [2.24, 2.45) is 5.92 Å². The molecule has 0 atom stereocenters. The van der Waals surface area contributed by atoms with Gasteiger partial charge in [-0.1, -0.05) is 37.6 Å². The van der Waals surface area contributed by atoms with E-state index >= 15 is 0 Å². The van der Waals surface area contributed by atoms with Crippen molar-refractivity contribution in [1.82, 2.24) is 18.7 Å². The highest BCUT2D eigenvalue weighted by Crippen LogP contribution is 2.36. The highest BCUT2D eigenvalue weighted by molar-refractivity contribution is 6.32. The number of carbonyl (C=O) groups is 1. The molecule has 0 aliphatic heterocycles. The van der Waals surface area contributed by atoms with Crippen molar-refractivity contribution < 1.29 is 23.1 Å². The van der Waals surface area contributed by atoms with E-state index < -0.39 is 46.1 Å². The van der Waals surface area contributed by atoms with Gasteiger partial charge in [0, 0.05) is 12.7 Å². The van der Waals surface area contributed by atoms with Crippen LogP contribution < -0.4 is 11.2 Å². The second-order valence-electron chi connectivity index (χ2n) is 8.63. The first-order valence-electron chi connectivity index (χ1n) is 10.8. The van der Waals surface area contributed by atoms with Crippen LogP contribution in [0.15, 0.2) is 58.5 Å². The van der Waals surface area contributed by atoms with Crippen molar-refractivity contribution in [3.8, 4) is 5.69 Å². The minimum absolute atomic E-state index is 0.164. The molecule has 0 aliphatic carbocycles. The van der Waals surface area contributed by atoms with E-state index in [9.17, 15) is 32.7 Å². The molecule has 0 spiro atoms. The summed E-state index contributed by atoms with van der Waals surface area (Å²) >= 11 is 5.94. The molecule has 2 heterocycles. The Morgan fingerprint density at radius 2 is 1.89 bits per heavy atom. The van der Waals surface area contributed by atoms with Crippen molar-refractivity contribution in [2.75, 3.05) is 0 Å². The number of rotatable bonds is 6. The van der Waals surface area contributed by atoms with E-state index in [1.54, 1.807) is 24.5 Å². The Morgan fingerprint density at radius 3 is 2.53 bits per heavy atom. The van der Waals surface area contributed by atoms with Gasteiger partial charge in [0.05, 0.1) is 40.2 Å². The summed E-state index contributed by atoms with van der Waals surface area (Å²) in [7, 11) is 0. The van der Waals surface area contributed by atoms with Crippen LogP contribution in [0.25, 0.3) is 16.7 Å². The minimum Gasteiger partial charge on any atom is -0.477 e.